The first-order valence-electron chi connectivity index (χ1n) is 8.41. The molecule has 0 saturated heterocycles. The summed E-state index contributed by atoms with van der Waals surface area (Å²) in [5.74, 6) is 0.536. The fourth-order valence-corrected chi connectivity index (χ4v) is 2.92. The SMILES string of the molecule is Cc1cc(Cl)nc(-c2ccc3cc(C(=O)NCCN(C)C)ccc3c2)n1.Cl.Cl. The van der Waals surface area contributed by atoms with E-state index >= 15 is 0 Å². The van der Waals surface area contributed by atoms with Crippen LogP contribution in [0.3, 0.4) is 0 Å². The molecular weight excluding hydrogens is 419 g/mol. The highest BCUT2D eigenvalue weighted by Gasteiger charge is 2.09. The first-order valence-corrected chi connectivity index (χ1v) is 8.78. The lowest BCUT2D eigenvalue weighted by atomic mass is 10.0. The van der Waals surface area contributed by atoms with Gasteiger partial charge in [0, 0.05) is 29.9 Å². The molecule has 0 saturated carbocycles. The number of rotatable bonds is 5. The molecule has 8 heteroatoms. The highest BCUT2D eigenvalue weighted by molar-refractivity contribution is 6.29. The minimum absolute atomic E-state index is 0. The predicted octanol–water partition coefficient (Wildman–Crippen LogP) is 4.39. The number of benzene rings is 2. The Balaban J connectivity index is 0.00000196. The third kappa shape index (κ3) is 6.04. The van der Waals surface area contributed by atoms with Crippen LogP contribution in [0.1, 0.15) is 16.1 Å². The lowest BCUT2D eigenvalue weighted by Gasteiger charge is -2.11. The lowest BCUT2D eigenvalue weighted by molar-refractivity contribution is 0.0951. The second kappa shape index (κ2) is 10.6. The van der Waals surface area contributed by atoms with Gasteiger partial charge in [0.2, 0.25) is 0 Å². The zero-order chi connectivity index (χ0) is 18.7. The van der Waals surface area contributed by atoms with Gasteiger partial charge in [0.1, 0.15) is 5.15 Å². The summed E-state index contributed by atoms with van der Waals surface area (Å²) in [4.78, 5) is 23.0. The Bertz CT molecular complexity index is 943. The number of amides is 1. The number of hydrogen-bond acceptors (Lipinski definition) is 4. The van der Waals surface area contributed by atoms with Gasteiger partial charge >= 0.3 is 0 Å². The molecule has 1 amide bonds. The highest BCUT2D eigenvalue weighted by atomic mass is 35.5. The minimum atomic E-state index is -0.0633. The molecule has 0 fully saturated rings. The van der Waals surface area contributed by atoms with Crippen LogP contribution < -0.4 is 5.32 Å². The van der Waals surface area contributed by atoms with Crippen LogP contribution in [0.15, 0.2) is 42.5 Å². The average Bonchev–Trinajstić information content (AvgIpc) is 2.59. The number of nitrogens with one attached hydrogen (secondary N) is 1. The van der Waals surface area contributed by atoms with Crippen molar-refractivity contribution in [3.05, 3.63) is 58.9 Å². The third-order valence-electron chi connectivity index (χ3n) is 4.03. The fourth-order valence-electron chi connectivity index (χ4n) is 2.68. The van der Waals surface area contributed by atoms with E-state index in [2.05, 4.69) is 15.3 Å². The Hall–Kier alpha value is -1.92. The van der Waals surface area contributed by atoms with Gasteiger partial charge in [0.15, 0.2) is 5.82 Å². The molecule has 150 valence electrons. The summed E-state index contributed by atoms with van der Waals surface area (Å²) >= 11 is 6.04. The zero-order valence-corrected chi connectivity index (χ0v) is 18.3. The quantitative estimate of drug-likeness (QED) is 0.596. The first kappa shape index (κ1) is 24.1. The molecule has 1 N–H and O–H groups in total. The smallest absolute Gasteiger partial charge is 0.251 e. The van der Waals surface area contributed by atoms with Crippen molar-refractivity contribution < 1.29 is 4.79 Å². The predicted molar refractivity (Wildman–Crippen MR) is 120 cm³/mol. The molecule has 0 aliphatic carbocycles. The van der Waals surface area contributed by atoms with E-state index in [9.17, 15) is 4.79 Å². The minimum Gasteiger partial charge on any atom is -0.351 e. The number of carbonyl (C=O) groups excluding carboxylic acids is 1. The van der Waals surface area contributed by atoms with Gasteiger partial charge in [-0.05, 0) is 56.1 Å². The van der Waals surface area contributed by atoms with Gasteiger partial charge < -0.3 is 10.2 Å². The summed E-state index contributed by atoms with van der Waals surface area (Å²) in [5, 5.41) is 5.37. The van der Waals surface area contributed by atoms with Crippen LogP contribution in [0.4, 0.5) is 0 Å². The molecule has 0 atom stereocenters. The fraction of sp³-hybridized carbons (Fsp3) is 0.250. The van der Waals surface area contributed by atoms with Gasteiger partial charge in [0.25, 0.3) is 5.91 Å². The molecule has 3 aromatic rings. The number of aryl methyl sites for hydroxylation is 1. The highest BCUT2D eigenvalue weighted by Crippen LogP contribution is 2.24. The van der Waals surface area contributed by atoms with E-state index in [1.54, 1.807) is 6.07 Å². The van der Waals surface area contributed by atoms with Crippen LogP contribution in [0, 0.1) is 6.92 Å². The second-order valence-corrected chi connectivity index (χ2v) is 6.88. The van der Waals surface area contributed by atoms with Crippen molar-refractivity contribution in [1.29, 1.82) is 0 Å². The van der Waals surface area contributed by atoms with E-state index in [4.69, 9.17) is 11.6 Å². The van der Waals surface area contributed by atoms with Crippen LogP contribution >= 0.6 is 36.4 Å². The van der Waals surface area contributed by atoms with Crippen LogP contribution in [0.2, 0.25) is 5.15 Å². The van der Waals surface area contributed by atoms with Crippen molar-refractivity contribution in [2.45, 2.75) is 6.92 Å². The Morgan fingerprint density at radius 2 is 1.71 bits per heavy atom. The van der Waals surface area contributed by atoms with Gasteiger partial charge in [-0.2, -0.15) is 0 Å². The van der Waals surface area contributed by atoms with Gasteiger partial charge in [-0.3, -0.25) is 4.79 Å². The van der Waals surface area contributed by atoms with Crippen LogP contribution in [-0.4, -0.2) is 48.0 Å². The molecule has 1 aromatic heterocycles. The van der Waals surface area contributed by atoms with E-state index in [1.165, 1.54) is 0 Å². The molecule has 0 aliphatic rings. The number of carbonyl (C=O) groups is 1. The van der Waals surface area contributed by atoms with Crippen LogP contribution in [0.25, 0.3) is 22.2 Å². The summed E-state index contributed by atoms with van der Waals surface area (Å²) in [6.07, 6.45) is 0. The largest absolute Gasteiger partial charge is 0.351 e. The van der Waals surface area contributed by atoms with Crippen molar-refractivity contribution in [1.82, 2.24) is 20.2 Å². The second-order valence-electron chi connectivity index (χ2n) is 6.49. The normalized spacial score (nSPS) is 10.3. The van der Waals surface area contributed by atoms with E-state index < -0.39 is 0 Å². The van der Waals surface area contributed by atoms with Gasteiger partial charge in [0.05, 0.1) is 0 Å². The van der Waals surface area contributed by atoms with Crippen molar-refractivity contribution >= 4 is 53.1 Å². The average molecular weight is 442 g/mol. The van der Waals surface area contributed by atoms with Gasteiger partial charge in [-0.25, -0.2) is 9.97 Å². The molecule has 0 aliphatic heterocycles. The van der Waals surface area contributed by atoms with E-state index in [-0.39, 0.29) is 30.7 Å². The van der Waals surface area contributed by atoms with Crippen LogP contribution in [0.5, 0.6) is 0 Å². The number of likely N-dealkylation sites (N-methyl/N-ethyl adjacent to an activating group) is 1. The topological polar surface area (TPSA) is 58.1 Å². The molecule has 3 rings (SSSR count). The number of halogens is 3. The van der Waals surface area contributed by atoms with Gasteiger partial charge in [-0.1, -0.05) is 29.8 Å². The van der Waals surface area contributed by atoms with Crippen molar-refractivity contribution in [2.24, 2.45) is 0 Å². The van der Waals surface area contributed by atoms with Crippen molar-refractivity contribution in [3.63, 3.8) is 0 Å². The molecule has 5 nitrogen and oxygen atoms in total. The molecule has 2 aromatic carbocycles. The van der Waals surface area contributed by atoms with E-state index in [1.807, 2.05) is 62.3 Å². The van der Waals surface area contributed by atoms with Crippen LogP contribution in [-0.2, 0) is 0 Å². The number of aromatic nitrogens is 2. The molecular formula is C20H23Cl3N4O. The Morgan fingerprint density at radius 1 is 1.04 bits per heavy atom. The molecule has 0 unspecified atom stereocenters. The first-order chi connectivity index (χ1) is 12.4. The molecule has 0 bridgehead atoms. The Morgan fingerprint density at radius 3 is 2.39 bits per heavy atom. The summed E-state index contributed by atoms with van der Waals surface area (Å²) in [6.45, 7) is 3.31. The monoisotopic (exact) mass is 440 g/mol. The summed E-state index contributed by atoms with van der Waals surface area (Å²) in [6, 6.07) is 13.3. The zero-order valence-electron chi connectivity index (χ0n) is 15.9. The maximum absolute atomic E-state index is 12.3. The standard InChI is InChI=1S/C20H21ClN4O.2ClH/c1-13-10-18(21)24-19(23-13)16-6-4-15-12-17(7-5-14(15)11-16)20(26)22-8-9-25(2)3;;/h4-7,10-12H,8-9H2,1-3H3,(H,22,26);2*1H. The summed E-state index contributed by atoms with van der Waals surface area (Å²) < 4.78 is 0. The van der Waals surface area contributed by atoms with Gasteiger partial charge in [-0.15, -0.1) is 24.8 Å². The molecule has 0 spiro atoms. The summed E-state index contributed by atoms with van der Waals surface area (Å²) in [5.41, 5.74) is 2.37. The number of fused-ring (bicyclic) bond motifs is 1. The van der Waals surface area contributed by atoms with Crippen molar-refractivity contribution in [3.8, 4) is 11.4 Å². The number of nitrogens with zero attached hydrogens (tertiary/aromatic N) is 3. The van der Waals surface area contributed by atoms with E-state index in [0.29, 0.717) is 23.1 Å². The molecule has 1 heterocycles. The maximum atomic E-state index is 12.3. The van der Waals surface area contributed by atoms with Crippen molar-refractivity contribution in [2.75, 3.05) is 27.2 Å². The Kier molecular flexibility index (Phi) is 9.11. The maximum Gasteiger partial charge on any atom is 0.251 e. The Labute approximate surface area is 182 Å². The lowest BCUT2D eigenvalue weighted by Crippen LogP contribution is -2.31. The van der Waals surface area contributed by atoms with E-state index in [0.717, 1.165) is 28.6 Å². The summed E-state index contributed by atoms with van der Waals surface area (Å²) in [7, 11) is 3.95. The third-order valence-corrected chi connectivity index (χ3v) is 4.22. The number of hydrogen-bond donors (Lipinski definition) is 1. The molecule has 28 heavy (non-hydrogen) atoms. The molecule has 0 radical (unpaired) electrons.